The molecule has 0 spiro atoms. The minimum Gasteiger partial charge on any atom is -0.264 e. The Morgan fingerprint density at radius 1 is 1.46 bits per heavy atom. The van der Waals surface area contributed by atoms with E-state index in [9.17, 15) is 4.39 Å². The standard InChI is InChI=1S/C10H7BrFN/c1-6-4-7-5-13-3-2-8(7)10(12)9(6)11/h2-5H,1H3. The molecule has 0 bridgehead atoms. The molecule has 0 aliphatic heterocycles. The summed E-state index contributed by atoms with van der Waals surface area (Å²) >= 11 is 3.20. The van der Waals surface area contributed by atoms with E-state index in [2.05, 4.69) is 20.9 Å². The molecule has 0 aliphatic rings. The average Bonchev–Trinajstić information content (AvgIpc) is 2.15. The lowest BCUT2D eigenvalue weighted by molar-refractivity contribution is 0.632. The predicted octanol–water partition coefficient (Wildman–Crippen LogP) is 3.44. The fourth-order valence-electron chi connectivity index (χ4n) is 1.31. The zero-order valence-electron chi connectivity index (χ0n) is 7.01. The molecule has 0 radical (unpaired) electrons. The molecule has 2 rings (SSSR count). The van der Waals surface area contributed by atoms with Crippen LogP contribution in [0.25, 0.3) is 10.8 Å². The van der Waals surface area contributed by atoms with Gasteiger partial charge < -0.3 is 0 Å². The third-order valence-corrected chi connectivity index (χ3v) is 2.97. The molecule has 0 N–H and O–H groups in total. The van der Waals surface area contributed by atoms with Crippen molar-refractivity contribution in [2.75, 3.05) is 0 Å². The summed E-state index contributed by atoms with van der Waals surface area (Å²) in [6.45, 7) is 1.86. The van der Waals surface area contributed by atoms with Crippen LogP contribution >= 0.6 is 15.9 Å². The highest BCUT2D eigenvalue weighted by molar-refractivity contribution is 9.10. The monoisotopic (exact) mass is 239 g/mol. The highest BCUT2D eigenvalue weighted by atomic mass is 79.9. The summed E-state index contributed by atoms with van der Waals surface area (Å²) in [5, 5.41) is 1.44. The van der Waals surface area contributed by atoms with Crippen LogP contribution in [0.4, 0.5) is 4.39 Å². The summed E-state index contributed by atoms with van der Waals surface area (Å²) < 4.78 is 14.1. The first-order valence-electron chi connectivity index (χ1n) is 3.88. The van der Waals surface area contributed by atoms with Crippen LogP contribution < -0.4 is 0 Å². The lowest BCUT2D eigenvalue weighted by Gasteiger charge is -2.03. The third-order valence-electron chi connectivity index (χ3n) is 2.00. The SMILES string of the molecule is Cc1cc2cnccc2c(F)c1Br. The number of rotatable bonds is 0. The lowest BCUT2D eigenvalue weighted by atomic mass is 10.1. The average molecular weight is 240 g/mol. The second kappa shape index (κ2) is 3.07. The topological polar surface area (TPSA) is 12.9 Å². The normalized spacial score (nSPS) is 10.7. The van der Waals surface area contributed by atoms with Crippen molar-refractivity contribution >= 4 is 26.7 Å². The van der Waals surface area contributed by atoms with Crippen LogP contribution in [-0.4, -0.2) is 4.98 Å². The van der Waals surface area contributed by atoms with Crippen LogP contribution in [0.15, 0.2) is 29.0 Å². The maximum absolute atomic E-state index is 13.6. The summed E-state index contributed by atoms with van der Waals surface area (Å²) in [6, 6.07) is 3.59. The van der Waals surface area contributed by atoms with Gasteiger partial charge in [-0.3, -0.25) is 4.98 Å². The fraction of sp³-hybridized carbons (Fsp3) is 0.100. The molecule has 1 nitrogen and oxygen atoms in total. The van der Waals surface area contributed by atoms with Gasteiger partial charge in [-0.2, -0.15) is 0 Å². The van der Waals surface area contributed by atoms with E-state index in [4.69, 9.17) is 0 Å². The van der Waals surface area contributed by atoms with Crippen LogP contribution in [0.1, 0.15) is 5.56 Å². The molecular weight excluding hydrogens is 233 g/mol. The Morgan fingerprint density at radius 3 is 3.00 bits per heavy atom. The fourth-order valence-corrected chi connectivity index (χ4v) is 1.64. The van der Waals surface area contributed by atoms with Crippen molar-refractivity contribution in [2.45, 2.75) is 6.92 Å². The van der Waals surface area contributed by atoms with Gasteiger partial charge in [0.25, 0.3) is 0 Å². The summed E-state index contributed by atoms with van der Waals surface area (Å²) in [6.07, 6.45) is 3.26. The Kier molecular flexibility index (Phi) is 2.04. The molecule has 0 aliphatic carbocycles. The van der Waals surface area contributed by atoms with Gasteiger partial charge in [-0.1, -0.05) is 0 Å². The van der Waals surface area contributed by atoms with Crippen LogP contribution in [0.2, 0.25) is 0 Å². The van der Waals surface area contributed by atoms with Crippen molar-refractivity contribution in [3.05, 3.63) is 40.4 Å². The van der Waals surface area contributed by atoms with Gasteiger partial charge in [-0.25, -0.2) is 4.39 Å². The molecule has 1 heterocycles. The Balaban J connectivity index is 2.94. The number of hydrogen-bond acceptors (Lipinski definition) is 1. The summed E-state index contributed by atoms with van der Waals surface area (Å²) in [7, 11) is 0. The predicted molar refractivity (Wildman–Crippen MR) is 54.1 cm³/mol. The van der Waals surface area contributed by atoms with Crippen LogP contribution in [-0.2, 0) is 0 Å². The van der Waals surface area contributed by atoms with Gasteiger partial charge in [0.1, 0.15) is 5.82 Å². The Bertz CT molecular complexity index is 468. The lowest BCUT2D eigenvalue weighted by Crippen LogP contribution is -1.86. The molecule has 0 fully saturated rings. The zero-order chi connectivity index (χ0) is 9.42. The van der Waals surface area contributed by atoms with Crippen LogP contribution in [0, 0.1) is 12.7 Å². The number of halogens is 2. The Hall–Kier alpha value is -0.960. The van der Waals surface area contributed by atoms with Gasteiger partial charge in [0.15, 0.2) is 0 Å². The van der Waals surface area contributed by atoms with E-state index in [1.54, 1.807) is 18.5 Å². The molecule has 0 saturated carbocycles. The number of aromatic nitrogens is 1. The second-order valence-electron chi connectivity index (χ2n) is 2.92. The number of hydrogen-bond donors (Lipinski definition) is 0. The largest absolute Gasteiger partial charge is 0.264 e. The van der Waals surface area contributed by atoms with Crippen molar-refractivity contribution in [3.63, 3.8) is 0 Å². The molecule has 1 aromatic carbocycles. The van der Waals surface area contributed by atoms with Gasteiger partial charge >= 0.3 is 0 Å². The molecule has 0 atom stereocenters. The zero-order valence-corrected chi connectivity index (χ0v) is 8.60. The summed E-state index contributed by atoms with van der Waals surface area (Å²) in [4.78, 5) is 3.94. The number of fused-ring (bicyclic) bond motifs is 1. The van der Waals surface area contributed by atoms with Crippen molar-refractivity contribution in [3.8, 4) is 0 Å². The molecule has 66 valence electrons. The van der Waals surface area contributed by atoms with Crippen molar-refractivity contribution in [2.24, 2.45) is 0 Å². The summed E-state index contributed by atoms with van der Waals surface area (Å²) in [5.41, 5.74) is 0.887. The number of benzene rings is 1. The maximum atomic E-state index is 13.6. The van der Waals surface area contributed by atoms with Crippen molar-refractivity contribution in [1.82, 2.24) is 4.98 Å². The quantitative estimate of drug-likeness (QED) is 0.687. The van der Waals surface area contributed by atoms with E-state index >= 15 is 0 Å². The van der Waals surface area contributed by atoms with E-state index in [-0.39, 0.29) is 5.82 Å². The first-order valence-corrected chi connectivity index (χ1v) is 4.68. The molecule has 2 aromatic rings. The van der Waals surface area contributed by atoms with E-state index in [1.807, 2.05) is 13.0 Å². The molecular formula is C10H7BrFN. The molecule has 13 heavy (non-hydrogen) atoms. The van der Waals surface area contributed by atoms with Gasteiger partial charge in [-0.15, -0.1) is 0 Å². The molecule has 0 unspecified atom stereocenters. The van der Waals surface area contributed by atoms with Gasteiger partial charge in [0.05, 0.1) is 4.47 Å². The third kappa shape index (κ3) is 1.33. The van der Waals surface area contributed by atoms with Crippen molar-refractivity contribution in [1.29, 1.82) is 0 Å². The molecule has 3 heteroatoms. The highest BCUT2D eigenvalue weighted by Crippen LogP contribution is 2.27. The van der Waals surface area contributed by atoms with E-state index in [0.29, 0.717) is 9.86 Å². The Morgan fingerprint density at radius 2 is 2.23 bits per heavy atom. The first-order chi connectivity index (χ1) is 6.20. The first kappa shape index (κ1) is 8.63. The molecule has 0 amide bonds. The minimum atomic E-state index is -0.211. The van der Waals surface area contributed by atoms with Gasteiger partial charge in [0.2, 0.25) is 0 Å². The van der Waals surface area contributed by atoms with Crippen LogP contribution in [0.3, 0.4) is 0 Å². The van der Waals surface area contributed by atoms with Gasteiger partial charge in [-0.05, 0) is 40.5 Å². The highest BCUT2D eigenvalue weighted by Gasteiger charge is 2.07. The second-order valence-corrected chi connectivity index (χ2v) is 3.71. The van der Waals surface area contributed by atoms with Gasteiger partial charge in [0, 0.05) is 23.2 Å². The number of aryl methyl sites for hydroxylation is 1. The van der Waals surface area contributed by atoms with E-state index in [1.165, 1.54) is 0 Å². The molecule has 0 saturated heterocycles. The van der Waals surface area contributed by atoms with E-state index < -0.39 is 0 Å². The minimum absolute atomic E-state index is 0.211. The maximum Gasteiger partial charge on any atom is 0.145 e. The smallest absolute Gasteiger partial charge is 0.145 e. The van der Waals surface area contributed by atoms with E-state index in [0.717, 1.165) is 10.9 Å². The van der Waals surface area contributed by atoms with Crippen molar-refractivity contribution < 1.29 is 4.39 Å². The Labute approximate surface area is 83.7 Å². The number of nitrogens with zero attached hydrogens (tertiary/aromatic N) is 1. The summed E-state index contributed by atoms with van der Waals surface area (Å²) in [5.74, 6) is -0.211. The number of pyridine rings is 1. The van der Waals surface area contributed by atoms with Crippen LogP contribution in [0.5, 0.6) is 0 Å². The molecule has 1 aromatic heterocycles.